The highest BCUT2D eigenvalue weighted by Gasteiger charge is 2.30. The lowest BCUT2D eigenvalue weighted by Gasteiger charge is -2.27. The second kappa shape index (κ2) is 6.35. The molecule has 1 saturated heterocycles. The number of benzene rings is 1. The fraction of sp³-hybridized carbons (Fsp3) is 0.467. The zero-order valence-corrected chi connectivity index (χ0v) is 12.9. The van der Waals surface area contributed by atoms with Crippen LogP contribution in [-0.2, 0) is 0 Å². The summed E-state index contributed by atoms with van der Waals surface area (Å²) in [5.74, 6) is -0.673. The van der Waals surface area contributed by atoms with Crippen LogP contribution < -0.4 is 5.32 Å². The molecule has 0 saturated carbocycles. The van der Waals surface area contributed by atoms with Gasteiger partial charge in [-0.05, 0) is 37.0 Å². The number of hydrogen-bond donors (Lipinski definition) is 2. The van der Waals surface area contributed by atoms with E-state index in [9.17, 15) is 9.59 Å². The number of likely N-dealkylation sites (tertiary alicyclic amines) is 1. The van der Waals surface area contributed by atoms with Crippen LogP contribution in [0.2, 0.25) is 5.02 Å². The molecule has 6 heteroatoms. The normalized spacial score (nSPS) is 18.1. The number of carboxylic acid groups (broad SMARTS) is 1. The quantitative estimate of drug-likeness (QED) is 0.894. The Morgan fingerprint density at radius 1 is 1.43 bits per heavy atom. The van der Waals surface area contributed by atoms with Gasteiger partial charge in [0.15, 0.2) is 0 Å². The third-order valence-corrected chi connectivity index (χ3v) is 4.09. The number of anilines is 1. The smallest absolute Gasteiger partial charge is 0.337 e. The molecule has 1 aliphatic heterocycles. The van der Waals surface area contributed by atoms with Gasteiger partial charge in [0.2, 0.25) is 0 Å². The van der Waals surface area contributed by atoms with E-state index >= 15 is 0 Å². The molecule has 5 nitrogen and oxygen atoms in total. The molecule has 2 amide bonds. The van der Waals surface area contributed by atoms with Gasteiger partial charge in [0.1, 0.15) is 0 Å². The predicted octanol–water partition coefficient (Wildman–Crippen LogP) is 3.69. The highest BCUT2D eigenvalue weighted by molar-refractivity contribution is 6.33. The average Bonchev–Trinajstić information content (AvgIpc) is 2.87. The van der Waals surface area contributed by atoms with Gasteiger partial charge in [0.25, 0.3) is 0 Å². The minimum absolute atomic E-state index is 0.0240. The van der Waals surface area contributed by atoms with Crippen LogP contribution in [0.3, 0.4) is 0 Å². The number of carboxylic acids is 1. The molecule has 1 atom stereocenters. The van der Waals surface area contributed by atoms with Gasteiger partial charge in [0.05, 0.1) is 10.6 Å². The Morgan fingerprint density at radius 2 is 2.14 bits per heavy atom. The maximum Gasteiger partial charge on any atom is 0.337 e. The molecule has 1 aliphatic rings. The minimum atomic E-state index is -1.09. The minimum Gasteiger partial charge on any atom is -0.478 e. The fourth-order valence-corrected chi connectivity index (χ4v) is 2.96. The summed E-state index contributed by atoms with van der Waals surface area (Å²) in [7, 11) is 0. The lowest BCUT2D eigenvalue weighted by Crippen LogP contribution is -2.41. The van der Waals surface area contributed by atoms with Gasteiger partial charge in [-0.3, -0.25) is 0 Å². The average molecular weight is 311 g/mol. The first-order valence-electron chi connectivity index (χ1n) is 7.00. The Balaban J connectivity index is 2.09. The van der Waals surface area contributed by atoms with Crippen molar-refractivity contribution in [3.05, 3.63) is 28.8 Å². The maximum atomic E-state index is 12.3. The molecule has 2 N–H and O–H groups in total. The van der Waals surface area contributed by atoms with E-state index in [1.807, 2.05) is 4.90 Å². The lowest BCUT2D eigenvalue weighted by atomic mass is 10.0. The van der Waals surface area contributed by atoms with Crippen LogP contribution >= 0.6 is 11.6 Å². The van der Waals surface area contributed by atoms with Crippen molar-refractivity contribution in [1.82, 2.24) is 4.90 Å². The second-order valence-electron chi connectivity index (χ2n) is 5.58. The van der Waals surface area contributed by atoms with Crippen LogP contribution in [0, 0.1) is 5.92 Å². The van der Waals surface area contributed by atoms with Crippen LogP contribution in [0.5, 0.6) is 0 Å². The SMILES string of the molecule is CC(C)C1CCCN1C(=O)Nc1ccc(C(=O)O)c(Cl)c1. The second-order valence-corrected chi connectivity index (χ2v) is 5.98. The molecule has 114 valence electrons. The summed E-state index contributed by atoms with van der Waals surface area (Å²) in [4.78, 5) is 25.1. The van der Waals surface area contributed by atoms with E-state index in [-0.39, 0.29) is 22.7 Å². The number of nitrogens with zero attached hydrogens (tertiary/aromatic N) is 1. The van der Waals surface area contributed by atoms with Crippen LogP contribution in [-0.4, -0.2) is 34.6 Å². The van der Waals surface area contributed by atoms with E-state index in [0.717, 1.165) is 19.4 Å². The van der Waals surface area contributed by atoms with Crippen molar-refractivity contribution in [3.8, 4) is 0 Å². The molecule has 0 bridgehead atoms. The highest BCUT2D eigenvalue weighted by atomic mass is 35.5. The number of urea groups is 1. The molecule has 1 unspecified atom stereocenters. The molecule has 1 fully saturated rings. The molecule has 0 aromatic heterocycles. The van der Waals surface area contributed by atoms with Gasteiger partial charge in [-0.25, -0.2) is 9.59 Å². The number of carbonyl (C=O) groups is 2. The standard InChI is InChI=1S/C15H19ClN2O3/c1-9(2)13-4-3-7-18(13)15(21)17-10-5-6-11(14(19)20)12(16)8-10/h5-6,8-9,13H,3-4,7H2,1-2H3,(H,17,21)(H,19,20). The van der Waals surface area contributed by atoms with E-state index in [2.05, 4.69) is 19.2 Å². The summed E-state index contributed by atoms with van der Waals surface area (Å²) in [5, 5.41) is 11.8. The monoisotopic (exact) mass is 310 g/mol. The van der Waals surface area contributed by atoms with Crippen LogP contribution in [0.15, 0.2) is 18.2 Å². The maximum absolute atomic E-state index is 12.3. The third kappa shape index (κ3) is 3.47. The first-order valence-corrected chi connectivity index (χ1v) is 7.38. The summed E-state index contributed by atoms with van der Waals surface area (Å²) in [6.07, 6.45) is 2.03. The Labute approximate surface area is 128 Å². The number of hydrogen-bond acceptors (Lipinski definition) is 2. The number of halogens is 1. The number of aromatic carboxylic acids is 1. The predicted molar refractivity (Wildman–Crippen MR) is 82.0 cm³/mol. The van der Waals surface area contributed by atoms with Crippen molar-refractivity contribution >= 4 is 29.3 Å². The summed E-state index contributed by atoms with van der Waals surface area (Å²) in [6, 6.07) is 4.49. The molecule has 21 heavy (non-hydrogen) atoms. The van der Waals surface area contributed by atoms with Crippen molar-refractivity contribution < 1.29 is 14.7 Å². The van der Waals surface area contributed by atoms with Crippen LogP contribution in [0.25, 0.3) is 0 Å². The zero-order chi connectivity index (χ0) is 15.6. The number of carbonyl (C=O) groups excluding carboxylic acids is 1. The largest absolute Gasteiger partial charge is 0.478 e. The van der Waals surface area contributed by atoms with Gasteiger partial charge >= 0.3 is 12.0 Å². The van der Waals surface area contributed by atoms with E-state index in [1.165, 1.54) is 12.1 Å². The van der Waals surface area contributed by atoms with Crippen molar-refractivity contribution in [3.63, 3.8) is 0 Å². The summed E-state index contributed by atoms with van der Waals surface area (Å²) < 4.78 is 0. The van der Waals surface area contributed by atoms with Crippen molar-refractivity contribution in [1.29, 1.82) is 0 Å². The summed E-state index contributed by atoms with van der Waals surface area (Å²) in [5.41, 5.74) is 0.528. The van der Waals surface area contributed by atoms with Crippen LogP contribution in [0.1, 0.15) is 37.0 Å². The van der Waals surface area contributed by atoms with E-state index in [4.69, 9.17) is 16.7 Å². The number of nitrogens with one attached hydrogen (secondary N) is 1. The third-order valence-electron chi connectivity index (χ3n) is 3.78. The molecular weight excluding hydrogens is 292 g/mol. The number of amides is 2. The molecule has 1 aromatic rings. The topological polar surface area (TPSA) is 69.6 Å². The number of rotatable bonds is 3. The zero-order valence-electron chi connectivity index (χ0n) is 12.1. The molecule has 0 spiro atoms. The molecule has 2 rings (SSSR count). The van der Waals surface area contributed by atoms with Crippen molar-refractivity contribution in [2.24, 2.45) is 5.92 Å². The summed E-state index contributed by atoms with van der Waals surface area (Å²) in [6.45, 7) is 4.96. The van der Waals surface area contributed by atoms with Gasteiger partial charge in [-0.1, -0.05) is 25.4 Å². The Bertz CT molecular complexity index is 560. The van der Waals surface area contributed by atoms with Gasteiger partial charge < -0.3 is 15.3 Å². The van der Waals surface area contributed by atoms with Gasteiger partial charge in [-0.15, -0.1) is 0 Å². The lowest BCUT2D eigenvalue weighted by molar-refractivity contribution is 0.0697. The molecule has 0 radical (unpaired) electrons. The molecule has 1 heterocycles. The van der Waals surface area contributed by atoms with Crippen molar-refractivity contribution in [2.75, 3.05) is 11.9 Å². The van der Waals surface area contributed by atoms with E-state index in [0.29, 0.717) is 11.6 Å². The Hall–Kier alpha value is -1.75. The summed E-state index contributed by atoms with van der Waals surface area (Å²) >= 11 is 5.90. The molecule has 0 aliphatic carbocycles. The van der Waals surface area contributed by atoms with E-state index < -0.39 is 5.97 Å². The molecular formula is C15H19ClN2O3. The fourth-order valence-electron chi connectivity index (χ4n) is 2.70. The Morgan fingerprint density at radius 3 is 2.71 bits per heavy atom. The van der Waals surface area contributed by atoms with E-state index in [1.54, 1.807) is 6.07 Å². The van der Waals surface area contributed by atoms with Gasteiger partial charge in [-0.2, -0.15) is 0 Å². The first kappa shape index (κ1) is 15.6. The molecule has 1 aromatic carbocycles. The van der Waals surface area contributed by atoms with Crippen molar-refractivity contribution in [2.45, 2.75) is 32.7 Å². The van der Waals surface area contributed by atoms with Crippen LogP contribution in [0.4, 0.5) is 10.5 Å². The van der Waals surface area contributed by atoms with Gasteiger partial charge in [0, 0.05) is 18.3 Å². The Kier molecular flexibility index (Phi) is 4.73. The first-order chi connectivity index (χ1) is 9.90. The highest BCUT2D eigenvalue weighted by Crippen LogP contribution is 2.26.